The van der Waals surface area contributed by atoms with Gasteiger partial charge < -0.3 is 18.9 Å². The first-order valence-corrected chi connectivity index (χ1v) is 28.1. The van der Waals surface area contributed by atoms with Crippen LogP contribution in [0.2, 0.25) is 0 Å². The molecule has 0 unspecified atom stereocenters. The Kier molecular flexibility index (Phi) is 11.4. The lowest BCUT2D eigenvalue weighted by Gasteiger charge is -2.30. The predicted octanol–water partition coefficient (Wildman–Crippen LogP) is 19.3. The second kappa shape index (κ2) is 19.3. The highest BCUT2D eigenvalue weighted by atomic mass is 32.1. The number of hydrogen-bond acceptors (Lipinski definition) is 7. The molecule has 0 saturated heterocycles. The molecule has 0 radical (unpaired) electrons. The van der Waals surface area contributed by atoms with Gasteiger partial charge in [0.1, 0.15) is 33.4 Å². The van der Waals surface area contributed by atoms with E-state index in [-0.39, 0.29) is 0 Å². The number of aromatic nitrogens is 6. The molecule has 15 rings (SSSR count). The number of rotatable bonds is 10. The van der Waals surface area contributed by atoms with Crippen molar-refractivity contribution in [1.82, 2.24) is 27.8 Å². The van der Waals surface area contributed by atoms with E-state index in [1.165, 1.54) is 55.5 Å². The minimum absolute atomic E-state index is 0.679. The lowest BCUT2D eigenvalue weighted by molar-refractivity contribution is 1.17. The summed E-state index contributed by atoms with van der Waals surface area (Å²) in [4.78, 5) is 16.4. The normalized spacial score (nSPS) is 11.7. The van der Waals surface area contributed by atoms with Crippen LogP contribution in [0, 0.1) is 27.7 Å². The Labute approximate surface area is 473 Å². The highest BCUT2D eigenvalue weighted by Crippen LogP contribution is 2.51. The monoisotopic (exact) mass is 1060 g/mol. The smallest absolute Gasteiger partial charge is 0.133 e. The maximum Gasteiger partial charge on any atom is 0.133 e. The first-order valence-electron chi connectivity index (χ1n) is 27.4. The van der Waals surface area contributed by atoms with Gasteiger partial charge in [0, 0.05) is 66.8 Å². The van der Waals surface area contributed by atoms with E-state index < -0.39 is 0 Å². The SMILES string of the molecule is Cc1ccc2c(c1)c1cc(C)ccc1n2-c1ccc(N(c2ccccc2)c2c3nsnc3c(N(c3ccccc3)c3ccc(-n4c5ccc(C)cc5c5cc(C)ccc54)cc3)c3nc(-c4ccccc4)c(-c4ccccc4)nc23)cc1. The average molecular weight is 1060 g/mol. The van der Waals surface area contributed by atoms with Crippen LogP contribution in [0.1, 0.15) is 22.3 Å². The number of anilines is 6. The fourth-order valence-corrected chi connectivity index (χ4v) is 12.6. The molecule has 4 heterocycles. The lowest BCUT2D eigenvalue weighted by Crippen LogP contribution is -2.16. The van der Waals surface area contributed by atoms with Gasteiger partial charge in [-0.25, -0.2) is 9.97 Å². The van der Waals surface area contributed by atoms with E-state index >= 15 is 0 Å². The number of fused-ring (bicyclic) bond motifs is 8. The maximum atomic E-state index is 5.91. The van der Waals surface area contributed by atoms with Gasteiger partial charge in [-0.3, -0.25) is 0 Å². The largest absolute Gasteiger partial charge is 0.309 e. The van der Waals surface area contributed by atoms with Crippen LogP contribution in [0.3, 0.4) is 0 Å². The summed E-state index contributed by atoms with van der Waals surface area (Å²) in [5.74, 6) is 0. The molecule has 8 nitrogen and oxygen atoms in total. The van der Waals surface area contributed by atoms with Crippen LogP contribution in [-0.4, -0.2) is 27.8 Å². The van der Waals surface area contributed by atoms with Crippen molar-refractivity contribution in [3.05, 3.63) is 265 Å². The standard InChI is InChI=1S/C72H52N8S/c1-45-25-37-61-57(41-45)58-42-46(2)26-38-62(58)79(61)55-33-29-53(30-34-55)77(51-21-13-7-14-22-51)71-67-68(74-66(50-19-11-6-12-20-50)65(73-67)49-17-9-5-10-18-49)72(70-69(71)75-81-76-70)78(52-23-15-8-16-24-52)54-31-35-56(36-32-54)80-63-39-27-47(3)43-59(63)60-44-48(4)28-40-64(60)80/h5-44H,1-4H3. The molecule has 0 saturated carbocycles. The Hall–Kier alpha value is -10.2. The van der Waals surface area contributed by atoms with Crippen LogP contribution in [0.5, 0.6) is 0 Å². The zero-order valence-corrected chi connectivity index (χ0v) is 45.9. The molecule has 81 heavy (non-hydrogen) atoms. The molecule has 11 aromatic carbocycles. The van der Waals surface area contributed by atoms with E-state index in [4.69, 9.17) is 18.7 Å². The molecular weight excluding hydrogens is 1010 g/mol. The Morgan fingerprint density at radius 2 is 0.605 bits per heavy atom. The summed E-state index contributed by atoms with van der Waals surface area (Å²) in [5, 5.41) is 4.96. The fourth-order valence-electron chi connectivity index (χ4n) is 12.0. The van der Waals surface area contributed by atoms with Crippen molar-refractivity contribution in [3.8, 4) is 33.9 Å². The zero-order valence-electron chi connectivity index (χ0n) is 45.1. The Morgan fingerprint density at radius 1 is 0.309 bits per heavy atom. The van der Waals surface area contributed by atoms with Gasteiger partial charge in [-0.05, 0) is 149 Å². The van der Waals surface area contributed by atoms with Crippen LogP contribution < -0.4 is 9.80 Å². The summed E-state index contributed by atoms with van der Waals surface area (Å²) >= 11 is 1.20. The molecule has 0 bridgehead atoms. The first kappa shape index (κ1) is 47.9. The summed E-state index contributed by atoms with van der Waals surface area (Å²) in [6.45, 7) is 8.66. The molecule has 0 fully saturated rings. The predicted molar refractivity (Wildman–Crippen MR) is 338 cm³/mol. The molecular formula is C72H52N8S. The van der Waals surface area contributed by atoms with Gasteiger partial charge in [0.15, 0.2) is 0 Å². The third-order valence-corrected chi connectivity index (χ3v) is 16.3. The van der Waals surface area contributed by atoms with E-state index in [9.17, 15) is 0 Å². The van der Waals surface area contributed by atoms with Crippen molar-refractivity contribution >= 4 is 112 Å². The van der Waals surface area contributed by atoms with E-state index in [2.05, 4.69) is 277 Å². The van der Waals surface area contributed by atoms with E-state index in [0.717, 1.165) is 90.1 Å². The van der Waals surface area contributed by atoms with E-state index in [1.54, 1.807) is 0 Å². The van der Waals surface area contributed by atoms with Gasteiger partial charge >= 0.3 is 0 Å². The Morgan fingerprint density at radius 3 is 0.926 bits per heavy atom. The van der Waals surface area contributed by atoms with Gasteiger partial charge in [0.2, 0.25) is 0 Å². The lowest BCUT2D eigenvalue weighted by atomic mass is 10.0. The van der Waals surface area contributed by atoms with Crippen molar-refractivity contribution in [2.75, 3.05) is 9.80 Å². The third kappa shape index (κ3) is 8.03. The molecule has 0 spiro atoms. The molecule has 9 heteroatoms. The fraction of sp³-hybridized carbons (Fsp3) is 0.0556. The number of aryl methyl sites for hydroxylation is 4. The zero-order chi connectivity index (χ0) is 54.3. The summed E-state index contributed by atoms with van der Waals surface area (Å²) in [5.41, 5.74) is 23.2. The van der Waals surface area contributed by atoms with Crippen LogP contribution in [0.15, 0.2) is 243 Å². The van der Waals surface area contributed by atoms with Gasteiger partial charge in [0.05, 0.1) is 45.2 Å². The molecule has 0 atom stereocenters. The first-order chi connectivity index (χ1) is 39.8. The van der Waals surface area contributed by atoms with Crippen molar-refractivity contribution in [2.45, 2.75) is 27.7 Å². The number of benzene rings is 11. The van der Waals surface area contributed by atoms with Crippen LogP contribution in [0.4, 0.5) is 34.1 Å². The van der Waals surface area contributed by atoms with Crippen LogP contribution in [0.25, 0.3) is 99.6 Å². The molecule has 0 N–H and O–H groups in total. The minimum atomic E-state index is 0.679. The molecule has 386 valence electrons. The molecule has 0 aliphatic heterocycles. The van der Waals surface area contributed by atoms with Gasteiger partial charge in [-0.2, -0.15) is 8.75 Å². The minimum Gasteiger partial charge on any atom is -0.309 e. The Bertz CT molecular complexity index is 4470. The van der Waals surface area contributed by atoms with Gasteiger partial charge in [-0.15, -0.1) is 0 Å². The molecule has 0 amide bonds. The van der Waals surface area contributed by atoms with Crippen molar-refractivity contribution in [3.63, 3.8) is 0 Å². The summed E-state index contributed by atoms with van der Waals surface area (Å²) in [7, 11) is 0. The average Bonchev–Trinajstić information content (AvgIpc) is 4.38. The summed E-state index contributed by atoms with van der Waals surface area (Å²) < 4.78 is 15.4. The van der Waals surface area contributed by atoms with E-state index in [0.29, 0.717) is 22.1 Å². The second-order valence-corrected chi connectivity index (χ2v) is 21.7. The Balaban J connectivity index is 0.994. The van der Waals surface area contributed by atoms with Crippen molar-refractivity contribution in [2.24, 2.45) is 0 Å². The van der Waals surface area contributed by atoms with Gasteiger partial charge in [0.25, 0.3) is 0 Å². The molecule has 15 aromatic rings. The maximum absolute atomic E-state index is 5.91. The highest BCUT2D eigenvalue weighted by Gasteiger charge is 2.32. The third-order valence-electron chi connectivity index (χ3n) is 15.7. The number of para-hydroxylation sites is 2. The number of nitrogens with zero attached hydrogens (tertiary/aromatic N) is 8. The van der Waals surface area contributed by atoms with Crippen molar-refractivity contribution in [1.29, 1.82) is 0 Å². The van der Waals surface area contributed by atoms with Crippen LogP contribution in [-0.2, 0) is 0 Å². The quantitative estimate of drug-likeness (QED) is 0.127. The van der Waals surface area contributed by atoms with Gasteiger partial charge in [-0.1, -0.05) is 144 Å². The number of hydrogen-bond donors (Lipinski definition) is 0. The van der Waals surface area contributed by atoms with E-state index in [1.807, 2.05) is 12.1 Å². The second-order valence-electron chi connectivity index (χ2n) is 21.1. The molecule has 4 aromatic heterocycles. The summed E-state index contributed by atoms with van der Waals surface area (Å²) in [6, 6.07) is 86.7. The highest BCUT2D eigenvalue weighted by molar-refractivity contribution is 7.00. The van der Waals surface area contributed by atoms with Crippen LogP contribution >= 0.6 is 11.7 Å². The molecule has 0 aliphatic carbocycles. The molecule has 0 aliphatic rings. The summed E-state index contributed by atoms with van der Waals surface area (Å²) in [6.07, 6.45) is 0. The van der Waals surface area contributed by atoms with Crippen molar-refractivity contribution < 1.29 is 0 Å². The topological polar surface area (TPSA) is 67.9 Å².